The Balaban J connectivity index is 2.13. The predicted octanol–water partition coefficient (Wildman–Crippen LogP) is 4.68. The van der Waals surface area contributed by atoms with Crippen molar-refractivity contribution in [1.82, 2.24) is 10.6 Å². The fourth-order valence-corrected chi connectivity index (χ4v) is 4.27. The molecule has 0 saturated carbocycles. The fourth-order valence-electron chi connectivity index (χ4n) is 4.27. The zero-order valence-electron chi connectivity index (χ0n) is 22.9. The summed E-state index contributed by atoms with van der Waals surface area (Å²) < 4.78 is 6.03. The van der Waals surface area contributed by atoms with E-state index in [4.69, 9.17) is 4.74 Å². The van der Waals surface area contributed by atoms with Crippen LogP contribution in [0.1, 0.15) is 56.3 Å². The van der Waals surface area contributed by atoms with Gasteiger partial charge in [-0.3, -0.25) is 14.4 Å². The first-order valence-corrected chi connectivity index (χ1v) is 13.6. The maximum Gasteiger partial charge on any atom is 0.309 e. The molecule has 7 nitrogen and oxygen atoms in total. The lowest BCUT2D eigenvalue weighted by atomic mass is 9.94. The Morgan fingerprint density at radius 3 is 2.26 bits per heavy atom. The number of hydrogen-bond acceptors (Lipinski definition) is 5. The molecule has 0 spiro atoms. The van der Waals surface area contributed by atoms with Crippen molar-refractivity contribution in [3.8, 4) is 0 Å². The molecule has 7 heteroatoms. The highest BCUT2D eigenvalue weighted by atomic mass is 16.5. The minimum absolute atomic E-state index is 0.0412. The maximum absolute atomic E-state index is 13.4. The van der Waals surface area contributed by atoms with E-state index in [9.17, 15) is 19.5 Å². The van der Waals surface area contributed by atoms with E-state index in [-0.39, 0.29) is 43.3 Å². The summed E-state index contributed by atoms with van der Waals surface area (Å²) in [7, 11) is 0. The van der Waals surface area contributed by atoms with E-state index in [1.54, 1.807) is 13.0 Å². The molecule has 0 heterocycles. The largest absolute Gasteiger partial charge is 0.455 e. The maximum atomic E-state index is 13.4. The highest BCUT2D eigenvalue weighted by Crippen LogP contribution is 2.23. The summed E-state index contributed by atoms with van der Waals surface area (Å²) in [5, 5.41) is 14.7. The van der Waals surface area contributed by atoms with Gasteiger partial charge in [-0.2, -0.15) is 0 Å². The van der Waals surface area contributed by atoms with Gasteiger partial charge in [-0.25, -0.2) is 0 Å². The molecule has 0 aliphatic heterocycles. The van der Waals surface area contributed by atoms with Crippen LogP contribution in [0, 0.1) is 11.8 Å². The Morgan fingerprint density at radius 1 is 0.974 bits per heavy atom. The van der Waals surface area contributed by atoms with Crippen LogP contribution in [-0.2, 0) is 25.5 Å². The lowest BCUT2D eigenvalue weighted by Crippen LogP contribution is -2.40. The van der Waals surface area contributed by atoms with E-state index < -0.39 is 18.1 Å². The number of rotatable bonds is 18. The van der Waals surface area contributed by atoms with Crippen LogP contribution in [0.5, 0.6) is 0 Å². The van der Waals surface area contributed by atoms with E-state index in [0.29, 0.717) is 19.3 Å². The Hall–Kier alpha value is -3.71. The molecule has 0 bridgehead atoms. The van der Waals surface area contributed by atoms with E-state index in [1.165, 1.54) is 0 Å². The van der Waals surface area contributed by atoms with Crippen LogP contribution in [0.4, 0.5) is 0 Å². The van der Waals surface area contributed by atoms with Crippen molar-refractivity contribution < 1.29 is 24.2 Å². The molecule has 0 aliphatic carbocycles. The Labute approximate surface area is 232 Å². The SMILES string of the molecule is C=CCCC[C@H](Cc1ccccc1)C(=O)O[C@H](CNC(=O)[C@@H](CC=C)CC(=O)N[C@H](C)CO)c1ccccc1. The van der Waals surface area contributed by atoms with Gasteiger partial charge < -0.3 is 20.5 Å². The van der Waals surface area contributed by atoms with Gasteiger partial charge in [0, 0.05) is 12.5 Å². The number of esters is 1. The third-order valence-corrected chi connectivity index (χ3v) is 6.45. The summed E-state index contributed by atoms with van der Waals surface area (Å²) in [6.45, 7) is 9.05. The Morgan fingerprint density at radius 2 is 1.64 bits per heavy atom. The standard InChI is InChI=1S/C32H42N2O5/c1-4-6-9-19-28(20-25-15-10-7-11-16-25)32(38)39-29(26-17-12-8-13-18-26)22-33-31(37)27(14-5-2)21-30(36)34-24(3)23-35/h4-5,7-8,10-13,15-18,24,27-29,35H,1-2,6,9,14,19-23H2,3H3,(H,33,37)(H,34,36)/t24-,27+,28-,29-/m1/s1. The molecule has 3 N–H and O–H groups in total. The smallest absolute Gasteiger partial charge is 0.309 e. The highest BCUT2D eigenvalue weighted by molar-refractivity contribution is 5.86. The molecule has 2 amide bonds. The third kappa shape index (κ3) is 11.7. The number of allylic oxidation sites excluding steroid dienone is 2. The van der Waals surface area contributed by atoms with Crippen molar-refractivity contribution in [2.45, 2.75) is 57.6 Å². The summed E-state index contributed by atoms with van der Waals surface area (Å²) in [6.07, 6.45) is 5.88. The van der Waals surface area contributed by atoms with Crippen LogP contribution >= 0.6 is 0 Å². The van der Waals surface area contributed by atoms with Gasteiger partial charge in [0.2, 0.25) is 11.8 Å². The molecule has 0 fully saturated rings. The second-order valence-corrected chi connectivity index (χ2v) is 9.76. The minimum atomic E-state index is -0.687. The number of carbonyl (C=O) groups excluding carboxylic acids is 3. The van der Waals surface area contributed by atoms with Crippen molar-refractivity contribution >= 4 is 17.8 Å². The second kappa shape index (κ2) is 17.7. The van der Waals surface area contributed by atoms with Crippen LogP contribution in [0.15, 0.2) is 86.0 Å². The number of aliphatic hydroxyl groups is 1. The molecule has 0 aromatic heterocycles. The molecular weight excluding hydrogens is 492 g/mol. The lowest BCUT2D eigenvalue weighted by molar-refractivity contribution is -0.155. The predicted molar refractivity (Wildman–Crippen MR) is 154 cm³/mol. The van der Waals surface area contributed by atoms with E-state index in [0.717, 1.165) is 24.0 Å². The Bertz CT molecular complexity index is 1040. The minimum Gasteiger partial charge on any atom is -0.455 e. The molecular formula is C32H42N2O5. The molecule has 2 aromatic carbocycles. The molecule has 4 atom stereocenters. The molecule has 0 aliphatic rings. The molecule has 210 valence electrons. The first kappa shape index (κ1) is 31.5. The van der Waals surface area contributed by atoms with Crippen molar-refractivity contribution in [3.05, 3.63) is 97.1 Å². The van der Waals surface area contributed by atoms with Crippen molar-refractivity contribution in [2.75, 3.05) is 13.2 Å². The monoisotopic (exact) mass is 534 g/mol. The molecule has 0 saturated heterocycles. The molecule has 39 heavy (non-hydrogen) atoms. The van der Waals surface area contributed by atoms with E-state index in [1.807, 2.05) is 66.7 Å². The molecule has 0 radical (unpaired) electrons. The van der Waals surface area contributed by atoms with Gasteiger partial charge in [-0.15, -0.1) is 13.2 Å². The number of benzene rings is 2. The molecule has 2 rings (SSSR count). The van der Waals surface area contributed by atoms with Crippen LogP contribution in [0.2, 0.25) is 0 Å². The van der Waals surface area contributed by atoms with Gasteiger partial charge in [-0.05, 0) is 50.2 Å². The van der Waals surface area contributed by atoms with E-state index in [2.05, 4.69) is 23.8 Å². The Kier molecular flexibility index (Phi) is 14.3. The summed E-state index contributed by atoms with van der Waals surface area (Å²) >= 11 is 0. The normalized spacial score (nSPS) is 13.8. The number of hydrogen-bond donors (Lipinski definition) is 3. The molecule has 2 aromatic rings. The zero-order valence-corrected chi connectivity index (χ0v) is 22.9. The van der Waals surface area contributed by atoms with Crippen LogP contribution in [0.25, 0.3) is 0 Å². The van der Waals surface area contributed by atoms with Gasteiger partial charge in [0.25, 0.3) is 0 Å². The fraction of sp³-hybridized carbons (Fsp3) is 0.406. The topological polar surface area (TPSA) is 105 Å². The van der Waals surface area contributed by atoms with Crippen molar-refractivity contribution in [2.24, 2.45) is 11.8 Å². The van der Waals surface area contributed by atoms with Crippen LogP contribution < -0.4 is 10.6 Å². The average molecular weight is 535 g/mol. The number of ether oxygens (including phenoxy) is 1. The highest BCUT2D eigenvalue weighted by Gasteiger charge is 2.27. The average Bonchev–Trinajstić information content (AvgIpc) is 2.95. The lowest BCUT2D eigenvalue weighted by Gasteiger charge is -2.24. The van der Waals surface area contributed by atoms with Gasteiger partial charge in [0.1, 0.15) is 6.10 Å². The van der Waals surface area contributed by atoms with Crippen molar-refractivity contribution in [1.29, 1.82) is 0 Å². The van der Waals surface area contributed by atoms with Gasteiger partial charge in [0.15, 0.2) is 0 Å². The summed E-state index contributed by atoms with van der Waals surface area (Å²) in [5.41, 5.74) is 1.83. The summed E-state index contributed by atoms with van der Waals surface area (Å²) in [5.74, 6) is -1.94. The van der Waals surface area contributed by atoms with Gasteiger partial charge >= 0.3 is 5.97 Å². The van der Waals surface area contributed by atoms with Gasteiger partial charge in [-0.1, -0.05) is 72.8 Å². The summed E-state index contributed by atoms with van der Waals surface area (Å²) in [6, 6.07) is 18.8. The quantitative estimate of drug-likeness (QED) is 0.146. The number of nitrogens with one attached hydrogen (secondary N) is 2. The van der Waals surface area contributed by atoms with Gasteiger partial charge in [0.05, 0.1) is 25.0 Å². The summed E-state index contributed by atoms with van der Waals surface area (Å²) in [4.78, 5) is 38.8. The van der Waals surface area contributed by atoms with E-state index >= 15 is 0 Å². The number of amides is 2. The molecule has 0 unspecified atom stereocenters. The third-order valence-electron chi connectivity index (χ3n) is 6.45. The first-order chi connectivity index (χ1) is 18.9. The number of unbranched alkanes of at least 4 members (excludes halogenated alkanes) is 1. The zero-order chi connectivity index (χ0) is 28.5. The number of carbonyl (C=O) groups is 3. The van der Waals surface area contributed by atoms with Crippen LogP contribution in [-0.4, -0.2) is 42.1 Å². The van der Waals surface area contributed by atoms with Crippen molar-refractivity contribution in [3.63, 3.8) is 0 Å². The second-order valence-electron chi connectivity index (χ2n) is 9.76. The number of aliphatic hydroxyl groups excluding tert-OH is 1. The first-order valence-electron chi connectivity index (χ1n) is 13.6. The van der Waals surface area contributed by atoms with Crippen LogP contribution in [0.3, 0.4) is 0 Å².